The van der Waals surface area contributed by atoms with E-state index in [1.807, 2.05) is 0 Å². The van der Waals surface area contributed by atoms with Crippen molar-refractivity contribution in [3.8, 4) is 5.75 Å². The first-order chi connectivity index (χ1) is 12.2. The Morgan fingerprint density at radius 1 is 1.00 bits per heavy atom. The summed E-state index contributed by atoms with van der Waals surface area (Å²) in [6, 6.07) is 15.8. The molecule has 0 atom stereocenters. The van der Waals surface area contributed by atoms with Gasteiger partial charge in [-0.1, -0.05) is 30.3 Å². The fraction of sp³-hybridized carbons (Fsp3) is 0.455. The average molecular weight is 336 g/mol. The van der Waals surface area contributed by atoms with Gasteiger partial charge in [0.2, 0.25) is 0 Å². The molecule has 2 fully saturated rings. The molecule has 0 spiro atoms. The van der Waals surface area contributed by atoms with Gasteiger partial charge in [0.25, 0.3) is 0 Å². The molecular weight excluding hydrogens is 308 g/mol. The molecule has 0 aromatic heterocycles. The molecule has 2 aliphatic rings. The van der Waals surface area contributed by atoms with E-state index in [4.69, 9.17) is 4.74 Å². The Balaban J connectivity index is 1.35. The molecule has 2 aromatic carbocycles. The summed E-state index contributed by atoms with van der Waals surface area (Å²) in [5.74, 6) is 1.82. The van der Waals surface area contributed by atoms with Crippen LogP contribution in [-0.4, -0.2) is 24.3 Å². The number of hydrogen-bond acceptors (Lipinski definition) is 3. The topological polar surface area (TPSA) is 24.5 Å². The fourth-order valence-electron chi connectivity index (χ4n) is 3.87. The van der Waals surface area contributed by atoms with Gasteiger partial charge in [-0.3, -0.25) is 10.2 Å². The lowest BCUT2D eigenvalue weighted by molar-refractivity contribution is 0.00976. The summed E-state index contributed by atoms with van der Waals surface area (Å²) in [6.07, 6.45) is 3.87. The van der Waals surface area contributed by atoms with E-state index in [-0.39, 0.29) is 0 Å². The van der Waals surface area contributed by atoms with E-state index in [1.165, 1.54) is 41.5 Å². The molecule has 3 nitrogen and oxygen atoms in total. The quantitative estimate of drug-likeness (QED) is 0.862. The van der Waals surface area contributed by atoms with Crippen LogP contribution in [0.3, 0.4) is 0 Å². The van der Waals surface area contributed by atoms with E-state index in [1.54, 1.807) is 0 Å². The van der Waals surface area contributed by atoms with Crippen LogP contribution in [0.15, 0.2) is 42.5 Å². The van der Waals surface area contributed by atoms with Crippen molar-refractivity contribution in [2.24, 2.45) is 5.92 Å². The number of rotatable bonds is 6. The molecule has 0 amide bonds. The molecule has 4 rings (SSSR count). The zero-order chi connectivity index (χ0) is 17.2. The summed E-state index contributed by atoms with van der Waals surface area (Å²) < 4.78 is 6.07. The maximum absolute atomic E-state index is 6.07. The first-order valence-electron chi connectivity index (χ1n) is 9.40. The standard InChI is InChI=1S/C22H28N2O/c1-16-5-3-4-6-19(16)13-25-22-8-7-17(2)20(12-22)9-18-10-21(11-18)24-14-23-15-24/h3-8,12,18,21,23H,9-11,13-15H2,1-2H3. The number of ether oxygens (including phenoxy) is 1. The maximum Gasteiger partial charge on any atom is 0.120 e. The van der Waals surface area contributed by atoms with Crippen LogP contribution >= 0.6 is 0 Å². The molecule has 1 aliphatic heterocycles. The molecule has 0 unspecified atom stereocenters. The third-order valence-electron chi connectivity index (χ3n) is 5.84. The first-order valence-corrected chi connectivity index (χ1v) is 9.40. The highest BCUT2D eigenvalue weighted by atomic mass is 16.5. The van der Waals surface area contributed by atoms with E-state index in [9.17, 15) is 0 Å². The van der Waals surface area contributed by atoms with Crippen molar-refractivity contribution in [1.29, 1.82) is 0 Å². The molecule has 2 aromatic rings. The van der Waals surface area contributed by atoms with Crippen LogP contribution in [0.4, 0.5) is 0 Å². The molecule has 3 heteroatoms. The van der Waals surface area contributed by atoms with Gasteiger partial charge in [-0.2, -0.15) is 0 Å². The van der Waals surface area contributed by atoms with Crippen molar-refractivity contribution in [3.63, 3.8) is 0 Å². The minimum Gasteiger partial charge on any atom is -0.489 e. The Labute approximate surface area is 151 Å². The highest BCUT2D eigenvalue weighted by Crippen LogP contribution is 2.36. The first kappa shape index (κ1) is 16.6. The monoisotopic (exact) mass is 336 g/mol. The van der Waals surface area contributed by atoms with Gasteiger partial charge in [0.1, 0.15) is 12.4 Å². The van der Waals surface area contributed by atoms with Gasteiger partial charge in [-0.15, -0.1) is 0 Å². The third kappa shape index (κ3) is 3.73. The predicted molar refractivity (Wildman–Crippen MR) is 102 cm³/mol. The minimum atomic E-state index is 0.642. The second kappa shape index (κ2) is 7.19. The number of nitrogens with one attached hydrogen (secondary N) is 1. The van der Waals surface area contributed by atoms with Crippen LogP contribution in [0.2, 0.25) is 0 Å². The van der Waals surface area contributed by atoms with Gasteiger partial charge in [-0.05, 0) is 73.4 Å². The summed E-state index contributed by atoms with van der Waals surface area (Å²) in [5, 5.41) is 3.33. The van der Waals surface area contributed by atoms with Crippen LogP contribution in [0.5, 0.6) is 5.75 Å². The number of aryl methyl sites for hydroxylation is 2. The maximum atomic E-state index is 6.07. The smallest absolute Gasteiger partial charge is 0.120 e. The molecule has 1 heterocycles. The molecule has 1 N–H and O–H groups in total. The van der Waals surface area contributed by atoms with Crippen LogP contribution < -0.4 is 10.1 Å². The summed E-state index contributed by atoms with van der Waals surface area (Å²) in [4.78, 5) is 2.55. The Kier molecular flexibility index (Phi) is 4.78. The molecule has 1 aliphatic carbocycles. The molecule has 1 saturated carbocycles. The summed E-state index contributed by atoms with van der Waals surface area (Å²) in [7, 11) is 0. The molecule has 132 valence electrons. The van der Waals surface area contributed by atoms with Crippen LogP contribution in [-0.2, 0) is 13.0 Å². The molecule has 0 radical (unpaired) electrons. The molecular formula is C22H28N2O. The van der Waals surface area contributed by atoms with Crippen molar-refractivity contribution in [2.75, 3.05) is 13.3 Å². The fourth-order valence-corrected chi connectivity index (χ4v) is 3.87. The van der Waals surface area contributed by atoms with Gasteiger partial charge in [0.15, 0.2) is 0 Å². The Morgan fingerprint density at radius 3 is 2.48 bits per heavy atom. The zero-order valence-electron chi connectivity index (χ0n) is 15.3. The number of nitrogens with zero attached hydrogens (tertiary/aromatic N) is 1. The van der Waals surface area contributed by atoms with Crippen molar-refractivity contribution >= 4 is 0 Å². The number of hydrogen-bond donors (Lipinski definition) is 1. The summed E-state index contributed by atoms with van der Waals surface area (Å²) in [5.41, 5.74) is 5.38. The van der Waals surface area contributed by atoms with Gasteiger partial charge >= 0.3 is 0 Å². The lowest BCUT2D eigenvalue weighted by atomic mass is 9.75. The lowest BCUT2D eigenvalue weighted by Gasteiger charge is -2.47. The normalized spacial score (nSPS) is 23.0. The van der Waals surface area contributed by atoms with E-state index < -0.39 is 0 Å². The zero-order valence-corrected chi connectivity index (χ0v) is 15.3. The Hall–Kier alpha value is -1.84. The van der Waals surface area contributed by atoms with Gasteiger partial charge in [0.05, 0.1) is 13.3 Å². The minimum absolute atomic E-state index is 0.642. The summed E-state index contributed by atoms with van der Waals surface area (Å²) in [6.45, 7) is 7.16. The average Bonchev–Trinajstić information content (AvgIpc) is 2.53. The second-order valence-corrected chi connectivity index (χ2v) is 7.65. The predicted octanol–water partition coefficient (Wildman–Crippen LogP) is 4.02. The SMILES string of the molecule is Cc1ccccc1COc1ccc(C)c(CC2CC(N3CNC3)C2)c1. The number of benzene rings is 2. The molecule has 1 saturated heterocycles. The highest BCUT2D eigenvalue weighted by Gasteiger charge is 2.35. The van der Waals surface area contributed by atoms with Crippen molar-refractivity contribution in [1.82, 2.24) is 10.2 Å². The van der Waals surface area contributed by atoms with E-state index in [0.717, 1.165) is 31.0 Å². The van der Waals surface area contributed by atoms with Crippen molar-refractivity contribution < 1.29 is 4.74 Å². The highest BCUT2D eigenvalue weighted by molar-refractivity contribution is 5.36. The van der Waals surface area contributed by atoms with Gasteiger partial charge in [-0.25, -0.2) is 0 Å². The van der Waals surface area contributed by atoms with Crippen molar-refractivity contribution in [3.05, 3.63) is 64.7 Å². The van der Waals surface area contributed by atoms with Gasteiger partial charge in [0, 0.05) is 6.04 Å². The van der Waals surface area contributed by atoms with Gasteiger partial charge < -0.3 is 4.74 Å². The molecule has 25 heavy (non-hydrogen) atoms. The largest absolute Gasteiger partial charge is 0.489 e. The molecule has 0 bridgehead atoms. The Bertz CT molecular complexity index is 733. The third-order valence-corrected chi connectivity index (χ3v) is 5.84. The summed E-state index contributed by atoms with van der Waals surface area (Å²) >= 11 is 0. The van der Waals surface area contributed by atoms with Crippen LogP contribution in [0.25, 0.3) is 0 Å². The van der Waals surface area contributed by atoms with Crippen molar-refractivity contribution in [2.45, 2.75) is 45.8 Å². The van der Waals surface area contributed by atoms with E-state index >= 15 is 0 Å². The Morgan fingerprint density at radius 2 is 1.76 bits per heavy atom. The van der Waals surface area contributed by atoms with Crippen LogP contribution in [0.1, 0.15) is 35.1 Å². The van der Waals surface area contributed by atoms with E-state index in [0.29, 0.717) is 6.61 Å². The lowest BCUT2D eigenvalue weighted by Crippen LogP contribution is -2.60. The van der Waals surface area contributed by atoms with Crippen LogP contribution in [0, 0.1) is 19.8 Å². The second-order valence-electron chi connectivity index (χ2n) is 7.65. The van der Waals surface area contributed by atoms with E-state index in [2.05, 4.69) is 66.5 Å².